The Labute approximate surface area is 320 Å². The second-order valence-electron chi connectivity index (χ2n) is 15.5. The molecule has 2 saturated carbocycles. The number of halogens is 4. The maximum absolute atomic E-state index is 14.6. The summed E-state index contributed by atoms with van der Waals surface area (Å²) >= 11 is 0. The Morgan fingerprint density at radius 3 is 1.58 bits per heavy atom. The zero-order valence-corrected chi connectivity index (χ0v) is 29.3. The molecule has 55 heavy (non-hydrogen) atoms. The van der Waals surface area contributed by atoms with Crippen LogP contribution in [0.4, 0.5) is 17.6 Å². The number of carboxylic acid groups (broad SMARTS) is 1. The van der Waals surface area contributed by atoms with Gasteiger partial charge in [0.2, 0.25) is 0 Å². The van der Waals surface area contributed by atoms with Crippen LogP contribution in [0, 0.1) is 35.1 Å². The van der Waals surface area contributed by atoms with E-state index in [1.165, 1.54) is 24.3 Å². The van der Waals surface area contributed by atoms with E-state index in [0.29, 0.717) is 55.5 Å². The molecule has 0 radical (unpaired) electrons. The predicted molar refractivity (Wildman–Crippen MR) is 198 cm³/mol. The summed E-state index contributed by atoms with van der Waals surface area (Å²) in [5, 5.41) is 9.54. The van der Waals surface area contributed by atoms with Gasteiger partial charge in [0.25, 0.3) is 0 Å². The number of nitrogens with zero attached hydrogens (tertiary/aromatic N) is 2. The van der Waals surface area contributed by atoms with E-state index in [1.807, 2.05) is 30.3 Å². The van der Waals surface area contributed by atoms with E-state index in [1.54, 1.807) is 0 Å². The van der Waals surface area contributed by atoms with Crippen LogP contribution in [0.25, 0.3) is 0 Å². The molecule has 4 bridgehead atoms. The van der Waals surface area contributed by atoms with Crippen molar-refractivity contribution in [3.63, 3.8) is 0 Å². The predicted octanol–water partition coefficient (Wildman–Crippen LogP) is 7.70. The molecule has 2 aliphatic carbocycles. The van der Waals surface area contributed by atoms with Gasteiger partial charge in [0.15, 0.2) is 0 Å². The lowest BCUT2D eigenvalue weighted by Crippen LogP contribution is -2.43. The van der Waals surface area contributed by atoms with Crippen LogP contribution in [0.2, 0.25) is 0 Å². The van der Waals surface area contributed by atoms with Gasteiger partial charge in [0, 0.05) is 61.2 Å². The third-order valence-electron chi connectivity index (χ3n) is 12.5. The summed E-state index contributed by atoms with van der Waals surface area (Å²) in [6.45, 7) is 3.32. The number of aliphatic carboxylic acids is 1. The number of carbonyl (C=O) groups is 2. The van der Waals surface area contributed by atoms with Gasteiger partial charge in [-0.1, -0.05) is 57.3 Å². The normalized spacial score (nSPS) is 32.1. The zero-order valence-electron chi connectivity index (χ0n) is 29.3. The average molecular weight is 769 g/mol. The van der Waals surface area contributed by atoms with Crippen molar-refractivity contribution in [1.29, 1.82) is 0 Å². The molecule has 0 aromatic heterocycles. The molecule has 8 nitrogen and oxygen atoms in total. The molecule has 0 amide bonds. The fourth-order valence-corrected chi connectivity index (χ4v) is 9.98. The number of rotatable bonds is 8. The molecular weight excluding hydrogens is 716 g/mol. The Hall–Kier alpha value is -3.84. The monoisotopic (exact) mass is 768 g/mol. The fraction of sp³-hybridized carbons (Fsp3) is 0.535. The minimum absolute atomic E-state index is 0. The van der Waals surface area contributed by atoms with Gasteiger partial charge in [-0.3, -0.25) is 19.4 Å². The minimum atomic E-state index is -0.901. The van der Waals surface area contributed by atoms with E-state index in [0.717, 1.165) is 50.2 Å². The van der Waals surface area contributed by atoms with Gasteiger partial charge in [0.05, 0.1) is 37.3 Å². The summed E-state index contributed by atoms with van der Waals surface area (Å²) in [7, 11) is 0. The van der Waals surface area contributed by atoms with Crippen LogP contribution < -0.4 is 0 Å². The van der Waals surface area contributed by atoms with Gasteiger partial charge in [-0.05, 0) is 67.3 Å². The highest BCUT2D eigenvalue weighted by Gasteiger charge is 2.50. The Balaban J connectivity index is 0.000000186. The molecule has 12 heteroatoms. The molecule has 4 aliphatic heterocycles. The third-order valence-corrected chi connectivity index (χ3v) is 12.5. The van der Waals surface area contributed by atoms with Crippen molar-refractivity contribution in [3.05, 3.63) is 107 Å². The second kappa shape index (κ2) is 17.1. The maximum atomic E-state index is 14.6. The highest BCUT2D eigenvalue weighted by molar-refractivity contribution is 5.74. The standard InChI is InChI=1S/C24H25F2NO3.C17H19F2NO3.2CH4/c25-16-6-7-20(23(26)8-16)21-10-17(27-12-19-9-18(27)14-29-19)11-22(21)24(28)30-13-15-4-2-1-3-5-15;18-9-1-2-13(16(19)3-9)14-5-10(6-15(14)17(21)22)20-7-12-4-11(20)8-23-12;;/h1-8,17-19,21-22H,9-14H2;1-3,10-12,14-15H,4-8H2,(H,21,22);2*1H4/t17-,18+,19+,21+,22-;10-,11+,12+,14+,15-;;/m11../s1. The smallest absolute Gasteiger partial charge is 0.309 e. The Kier molecular flexibility index (Phi) is 12.7. The van der Waals surface area contributed by atoms with Gasteiger partial charge < -0.3 is 19.3 Å². The van der Waals surface area contributed by atoms with E-state index in [-0.39, 0.29) is 57.6 Å². The third kappa shape index (κ3) is 8.48. The summed E-state index contributed by atoms with van der Waals surface area (Å²) < 4.78 is 72.3. The summed E-state index contributed by atoms with van der Waals surface area (Å²) in [4.78, 5) is 29.4. The van der Waals surface area contributed by atoms with E-state index < -0.39 is 47.0 Å². The van der Waals surface area contributed by atoms with Gasteiger partial charge >= 0.3 is 11.9 Å². The lowest BCUT2D eigenvalue weighted by molar-refractivity contribution is -0.150. The van der Waals surface area contributed by atoms with Crippen molar-refractivity contribution in [1.82, 2.24) is 9.80 Å². The topological polar surface area (TPSA) is 88.5 Å². The molecular formula is C43H52F4N2O6. The van der Waals surface area contributed by atoms with Crippen LogP contribution in [-0.4, -0.2) is 89.5 Å². The van der Waals surface area contributed by atoms with Crippen molar-refractivity contribution >= 4 is 11.9 Å². The zero-order chi connectivity index (χ0) is 36.8. The van der Waals surface area contributed by atoms with Crippen LogP contribution in [-0.2, 0) is 30.4 Å². The largest absolute Gasteiger partial charge is 0.481 e. The molecule has 298 valence electrons. The molecule has 4 heterocycles. The van der Waals surface area contributed by atoms with Crippen LogP contribution in [0.1, 0.15) is 81.9 Å². The molecule has 3 aromatic carbocycles. The molecule has 4 saturated heterocycles. The average Bonchev–Trinajstić information content (AvgIpc) is 4.01. The number of hydrogen-bond acceptors (Lipinski definition) is 7. The summed E-state index contributed by atoms with van der Waals surface area (Å²) in [6, 6.07) is 17.6. The van der Waals surface area contributed by atoms with Crippen molar-refractivity contribution in [2.24, 2.45) is 11.8 Å². The molecule has 3 aromatic rings. The Morgan fingerprint density at radius 2 is 1.15 bits per heavy atom. The van der Waals surface area contributed by atoms with Crippen LogP contribution >= 0.6 is 0 Å². The Morgan fingerprint density at radius 1 is 0.655 bits per heavy atom. The molecule has 0 unspecified atom stereocenters. The first-order chi connectivity index (χ1) is 25.6. The number of ether oxygens (including phenoxy) is 3. The molecule has 10 atom stereocenters. The van der Waals surface area contributed by atoms with E-state index in [9.17, 15) is 32.3 Å². The van der Waals surface area contributed by atoms with Gasteiger partial charge in [-0.25, -0.2) is 17.6 Å². The minimum Gasteiger partial charge on any atom is -0.481 e. The number of likely N-dealkylation sites (tertiary alicyclic amines) is 2. The fourth-order valence-electron chi connectivity index (χ4n) is 9.98. The summed E-state index contributed by atoms with van der Waals surface area (Å²) in [5.74, 6) is -5.49. The number of morpholine rings is 2. The number of benzene rings is 3. The first-order valence-corrected chi connectivity index (χ1v) is 18.7. The number of carboxylic acids is 1. The quantitative estimate of drug-likeness (QED) is 0.184. The molecule has 6 fully saturated rings. The highest BCUT2D eigenvalue weighted by Crippen LogP contribution is 2.47. The lowest BCUT2D eigenvalue weighted by atomic mass is 9.88. The van der Waals surface area contributed by atoms with Crippen LogP contribution in [0.5, 0.6) is 0 Å². The number of hydrogen-bond donors (Lipinski definition) is 1. The van der Waals surface area contributed by atoms with E-state index in [4.69, 9.17) is 14.2 Å². The number of carbonyl (C=O) groups excluding carboxylic acids is 1. The lowest BCUT2D eigenvalue weighted by Gasteiger charge is -2.32. The van der Waals surface area contributed by atoms with Crippen molar-refractivity contribution in [2.45, 2.75) is 108 Å². The second-order valence-corrected chi connectivity index (χ2v) is 15.5. The summed E-state index contributed by atoms with van der Waals surface area (Å²) in [6.07, 6.45) is 4.95. The summed E-state index contributed by atoms with van der Waals surface area (Å²) in [5.41, 5.74) is 1.64. The van der Waals surface area contributed by atoms with Crippen molar-refractivity contribution < 1.29 is 46.5 Å². The van der Waals surface area contributed by atoms with E-state index in [2.05, 4.69) is 9.80 Å². The number of fused-ring (bicyclic) bond motifs is 4. The molecule has 0 spiro atoms. The highest BCUT2D eigenvalue weighted by atomic mass is 19.1. The van der Waals surface area contributed by atoms with Gasteiger partial charge in [0.1, 0.15) is 29.9 Å². The van der Waals surface area contributed by atoms with Crippen molar-refractivity contribution in [3.8, 4) is 0 Å². The Bertz CT molecular complexity index is 1820. The molecule has 9 rings (SSSR count). The maximum Gasteiger partial charge on any atom is 0.309 e. The van der Waals surface area contributed by atoms with Crippen LogP contribution in [0.3, 0.4) is 0 Å². The first-order valence-electron chi connectivity index (χ1n) is 18.7. The SMILES string of the molecule is C.C.O=C(O)[C@@H]1C[C@H](N2C[C@@H]3C[C@H]2CO3)C[C@H]1c1ccc(F)cc1F.O=C(OCc1ccccc1)[C@@H]1C[C@H](N2C[C@@H]3C[C@H]2CO3)C[C@H]1c1ccc(F)cc1F. The first kappa shape index (κ1) is 40.8. The number of esters is 1. The van der Waals surface area contributed by atoms with E-state index >= 15 is 0 Å². The van der Waals surface area contributed by atoms with Crippen molar-refractivity contribution in [2.75, 3.05) is 26.3 Å². The van der Waals surface area contributed by atoms with Gasteiger partial charge in [-0.2, -0.15) is 0 Å². The van der Waals surface area contributed by atoms with Gasteiger partial charge in [-0.15, -0.1) is 0 Å². The molecule has 1 N–H and O–H groups in total. The molecule has 6 aliphatic rings. The van der Waals surface area contributed by atoms with Crippen LogP contribution in [0.15, 0.2) is 66.7 Å².